The predicted octanol–water partition coefficient (Wildman–Crippen LogP) is 1.44. The molecule has 1 aromatic heterocycles. The Morgan fingerprint density at radius 2 is 2.11 bits per heavy atom. The van der Waals surface area contributed by atoms with Gasteiger partial charge in [-0.2, -0.15) is 0 Å². The van der Waals surface area contributed by atoms with Crippen LogP contribution < -0.4 is 14.8 Å². The van der Waals surface area contributed by atoms with Crippen molar-refractivity contribution in [1.29, 1.82) is 0 Å². The highest BCUT2D eigenvalue weighted by Gasteiger charge is 2.06. The molecule has 0 spiro atoms. The molecule has 1 N–H and O–H groups in total. The quantitative estimate of drug-likeness (QED) is 0.867. The van der Waals surface area contributed by atoms with Crippen molar-refractivity contribution in [3.05, 3.63) is 30.1 Å². The summed E-state index contributed by atoms with van der Waals surface area (Å²) in [6.07, 6.45) is 1.73. The first-order valence-corrected chi connectivity index (χ1v) is 5.54. The summed E-state index contributed by atoms with van der Waals surface area (Å²) in [6.45, 7) is 0.631. The van der Waals surface area contributed by atoms with Crippen LogP contribution in [0, 0.1) is 0 Å². The third-order valence-corrected chi connectivity index (χ3v) is 2.68. The molecule has 18 heavy (non-hydrogen) atoms. The second-order valence-corrected chi connectivity index (χ2v) is 3.77. The van der Waals surface area contributed by atoms with E-state index in [2.05, 4.69) is 15.6 Å². The minimum atomic E-state index is 0.631. The molecule has 0 saturated carbocycles. The molecule has 2 rings (SSSR count). The maximum atomic E-state index is 5.31. The molecule has 0 aliphatic heterocycles. The number of rotatable bonds is 5. The highest BCUT2D eigenvalue weighted by atomic mass is 16.5. The van der Waals surface area contributed by atoms with E-state index < -0.39 is 0 Å². The van der Waals surface area contributed by atoms with E-state index in [-0.39, 0.29) is 0 Å². The van der Waals surface area contributed by atoms with Crippen molar-refractivity contribution in [2.75, 3.05) is 19.5 Å². The van der Waals surface area contributed by atoms with Gasteiger partial charge in [-0.1, -0.05) is 5.21 Å². The van der Waals surface area contributed by atoms with Crippen LogP contribution in [0.15, 0.2) is 24.4 Å². The average Bonchev–Trinajstić information content (AvgIpc) is 2.81. The largest absolute Gasteiger partial charge is 0.497 e. The second kappa shape index (κ2) is 5.39. The fraction of sp³-hybridized carbons (Fsp3) is 0.333. The Kier molecular flexibility index (Phi) is 3.66. The molecule has 6 heteroatoms. The zero-order chi connectivity index (χ0) is 13.0. The van der Waals surface area contributed by atoms with Gasteiger partial charge in [-0.25, -0.2) is 0 Å². The van der Waals surface area contributed by atoms with Crippen molar-refractivity contribution in [2.45, 2.75) is 6.54 Å². The van der Waals surface area contributed by atoms with Crippen molar-refractivity contribution in [3.63, 3.8) is 0 Å². The van der Waals surface area contributed by atoms with Crippen LogP contribution in [0.1, 0.15) is 5.69 Å². The molecule has 0 bridgehead atoms. The van der Waals surface area contributed by atoms with Crippen LogP contribution in [-0.2, 0) is 13.6 Å². The number of hydrogen-bond donors (Lipinski definition) is 1. The Balaban J connectivity index is 2.11. The van der Waals surface area contributed by atoms with Crippen molar-refractivity contribution < 1.29 is 9.47 Å². The van der Waals surface area contributed by atoms with Gasteiger partial charge in [0.1, 0.15) is 11.5 Å². The molecule has 1 heterocycles. The number of nitrogens with one attached hydrogen (secondary N) is 1. The monoisotopic (exact) mass is 248 g/mol. The average molecular weight is 248 g/mol. The first kappa shape index (κ1) is 12.2. The molecule has 2 aromatic rings. The molecule has 0 unspecified atom stereocenters. The maximum absolute atomic E-state index is 5.31. The van der Waals surface area contributed by atoms with Crippen LogP contribution in [-0.4, -0.2) is 29.2 Å². The van der Waals surface area contributed by atoms with Gasteiger partial charge in [0.25, 0.3) is 0 Å². The number of anilines is 1. The summed E-state index contributed by atoms with van der Waals surface area (Å²) in [5.41, 5.74) is 1.90. The van der Waals surface area contributed by atoms with E-state index in [0.29, 0.717) is 6.54 Å². The van der Waals surface area contributed by atoms with E-state index >= 15 is 0 Å². The Hall–Kier alpha value is -2.24. The molecule has 0 saturated heterocycles. The number of ether oxygens (including phenoxy) is 2. The van der Waals surface area contributed by atoms with Crippen LogP contribution in [0.2, 0.25) is 0 Å². The van der Waals surface area contributed by atoms with Gasteiger partial charge in [0.15, 0.2) is 0 Å². The smallest absolute Gasteiger partial charge is 0.145 e. The van der Waals surface area contributed by atoms with Gasteiger partial charge in [0.05, 0.1) is 38.3 Å². The molecule has 0 atom stereocenters. The molecule has 6 nitrogen and oxygen atoms in total. The van der Waals surface area contributed by atoms with Gasteiger partial charge in [-0.15, -0.1) is 5.10 Å². The summed E-state index contributed by atoms with van der Waals surface area (Å²) < 4.78 is 12.2. The molecule has 0 fully saturated rings. The SMILES string of the molecule is COc1ccc(NCc2cnnn2C)c(OC)c1. The molecule has 96 valence electrons. The maximum Gasteiger partial charge on any atom is 0.145 e. The molecule has 1 aromatic carbocycles. The first-order valence-electron chi connectivity index (χ1n) is 5.54. The summed E-state index contributed by atoms with van der Waals surface area (Å²) in [5, 5.41) is 11.0. The minimum Gasteiger partial charge on any atom is -0.497 e. The van der Waals surface area contributed by atoms with E-state index in [1.165, 1.54) is 0 Å². The Morgan fingerprint density at radius 1 is 1.28 bits per heavy atom. The summed E-state index contributed by atoms with van der Waals surface area (Å²) >= 11 is 0. The lowest BCUT2D eigenvalue weighted by Gasteiger charge is -2.12. The Morgan fingerprint density at radius 3 is 2.72 bits per heavy atom. The lowest BCUT2D eigenvalue weighted by Crippen LogP contribution is -2.06. The number of methoxy groups -OCH3 is 2. The van der Waals surface area contributed by atoms with Crippen molar-refractivity contribution in [1.82, 2.24) is 15.0 Å². The van der Waals surface area contributed by atoms with Gasteiger partial charge in [-0.05, 0) is 12.1 Å². The summed E-state index contributed by atoms with van der Waals surface area (Å²) in [6, 6.07) is 5.64. The van der Waals surface area contributed by atoms with Crippen molar-refractivity contribution in [2.24, 2.45) is 7.05 Å². The third-order valence-electron chi connectivity index (χ3n) is 2.68. The van der Waals surface area contributed by atoms with E-state index in [9.17, 15) is 0 Å². The van der Waals surface area contributed by atoms with E-state index in [0.717, 1.165) is 22.9 Å². The van der Waals surface area contributed by atoms with Gasteiger partial charge in [0.2, 0.25) is 0 Å². The van der Waals surface area contributed by atoms with Crippen LogP contribution in [0.25, 0.3) is 0 Å². The normalized spacial score (nSPS) is 10.2. The van der Waals surface area contributed by atoms with Gasteiger partial charge in [-0.3, -0.25) is 4.68 Å². The second-order valence-electron chi connectivity index (χ2n) is 3.77. The van der Waals surface area contributed by atoms with E-state index in [1.807, 2.05) is 25.2 Å². The number of hydrogen-bond acceptors (Lipinski definition) is 5. The topological polar surface area (TPSA) is 61.2 Å². The summed E-state index contributed by atoms with van der Waals surface area (Å²) in [7, 11) is 5.12. The molecule has 0 aliphatic rings. The number of aromatic nitrogens is 3. The zero-order valence-electron chi connectivity index (χ0n) is 10.7. The molecule has 0 aliphatic carbocycles. The molecular formula is C12H16N4O2. The number of nitrogens with zero attached hydrogens (tertiary/aromatic N) is 3. The third kappa shape index (κ3) is 2.53. The zero-order valence-corrected chi connectivity index (χ0v) is 10.7. The van der Waals surface area contributed by atoms with Gasteiger partial charge in [0, 0.05) is 13.1 Å². The Bertz CT molecular complexity index is 525. The number of aryl methyl sites for hydroxylation is 1. The lowest BCUT2D eigenvalue weighted by atomic mass is 10.2. The van der Waals surface area contributed by atoms with Crippen molar-refractivity contribution in [3.8, 4) is 11.5 Å². The highest BCUT2D eigenvalue weighted by molar-refractivity contribution is 5.59. The first-order chi connectivity index (χ1) is 8.74. The summed E-state index contributed by atoms with van der Waals surface area (Å²) in [5.74, 6) is 1.50. The molecule has 0 radical (unpaired) electrons. The molecular weight excluding hydrogens is 232 g/mol. The van der Waals surface area contributed by atoms with Gasteiger partial charge >= 0.3 is 0 Å². The van der Waals surface area contributed by atoms with Gasteiger partial charge < -0.3 is 14.8 Å². The molecule has 0 amide bonds. The minimum absolute atomic E-state index is 0.631. The summed E-state index contributed by atoms with van der Waals surface area (Å²) in [4.78, 5) is 0. The van der Waals surface area contributed by atoms with E-state index in [4.69, 9.17) is 9.47 Å². The fourth-order valence-electron chi connectivity index (χ4n) is 1.60. The Labute approximate surface area is 106 Å². The van der Waals surface area contributed by atoms with E-state index in [1.54, 1.807) is 25.1 Å². The van der Waals surface area contributed by atoms with Crippen LogP contribution in [0.5, 0.6) is 11.5 Å². The lowest BCUT2D eigenvalue weighted by molar-refractivity contribution is 0.395. The van der Waals surface area contributed by atoms with Crippen molar-refractivity contribution >= 4 is 5.69 Å². The number of benzene rings is 1. The van der Waals surface area contributed by atoms with Crippen LogP contribution >= 0.6 is 0 Å². The van der Waals surface area contributed by atoms with Crippen LogP contribution in [0.4, 0.5) is 5.69 Å². The predicted molar refractivity (Wildman–Crippen MR) is 67.9 cm³/mol. The fourth-order valence-corrected chi connectivity index (χ4v) is 1.60. The van der Waals surface area contributed by atoms with Crippen LogP contribution in [0.3, 0.4) is 0 Å². The standard InChI is InChI=1S/C12H16N4O2/c1-16-9(8-14-15-16)7-13-11-5-4-10(17-2)6-12(11)18-3/h4-6,8,13H,7H2,1-3H3. The highest BCUT2D eigenvalue weighted by Crippen LogP contribution is 2.29.